The van der Waals surface area contributed by atoms with E-state index >= 15 is 0 Å². The minimum absolute atomic E-state index is 0.103. The average molecular weight is 242 g/mol. The van der Waals surface area contributed by atoms with Crippen molar-refractivity contribution in [2.24, 2.45) is 0 Å². The van der Waals surface area contributed by atoms with Crippen LogP contribution >= 0.6 is 11.6 Å². The van der Waals surface area contributed by atoms with Gasteiger partial charge < -0.3 is 4.98 Å². The summed E-state index contributed by atoms with van der Waals surface area (Å²) in [5, 5.41) is 0.103. The van der Waals surface area contributed by atoms with Gasteiger partial charge in [0, 0.05) is 17.7 Å². The van der Waals surface area contributed by atoms with Crippen molar-refractivity contribution in [1.82, 2.24) is 4.98 Å². The lowest BCUT2D eigenvalue weighted by molar-refractivity contribution is 0.585. The van der Waals surface area contributed by atoms with Crippen molar-refractivity contribution >= 4 is 11.6 Å². The molecule has 0 radical (unpaired) electrons. The Bertz CT molecular complexity index is 595. The van der Waals surface area contributed by atoms with Crippen LogP contribution < -0.4 is 5.56 Å². The van der Waals surface area contributed by atoms with Crippen LogP contribution in [-0.4, -0.2) is 4.98 Å². The number of hydrogen-bond donors (Lipinski definition) is 1. The van der Waals surface area contributed by atoms with E-state index < -0.39 is 17.2 Å². The molecule has 0 bridgehead atoms. The third-order valence-electron chi connectivity index (χ3n) is 2.05. The molecule has 2 nitrogen and oxygen atoms in total. The summed E-state index contributed by atoms with van der Waals surface area (Å²) < 4.78 is 26.1. The second kappa shape index (κ2) is 4.06. The van der Waals surface area contributed by atoms with Crippen LogP contribution in [0.1, 0.15) is 0 Å². The molecule has 0 aliphatic carbocycles. The van der Waals surface area contributed by atoms with Crippen LogP contribution in [0.4, 0.5) is 8.78 Å². The number of pyridine rings is 1. The lowest BCUT2D eigenvalue weighted by Gasteiger charge is -2.03. The summed E-state index contributed by atoms with van der Waals surface area (Å²) >= 11 is 5.63. The number of aromatic nitrogens is 1. The van der Waals surface area contributed by atoms with Crippen molar-refractivity contribution in [3.05, 3.63) is 57.5 Å². The van der Waals surface area contributed by atoms with Gasteiger partial charge in [0.25, 0.3) is 0 Å². The van der Waals surface area contributed by atoms with Gasteiger partial charge in [0.15, 0.2) is 0 Å². The fraction of sp³-hybridized carbons (Fsp3) is 0. The highest BCUT2D eigenvalue weighted by Gasteiger charge is 2.07. The number of benzene rings is 1. The van der Waals surface area contributed by atoms with Gasteiger partial charge in [-0.3, -0.25) is 4.79 Å². The maximum absolute atomic E-state index is 13.4. The fourth-order valence-electron chi connectivity index (χ4n) is 1.39. The van der Waals surface area contributed by atoms with Crippen molar-refractivity contribution in [2.45, 2.75) is 0 Å². The van der Waals surface area contributed by atoms with Gasteiger partial charge in [0.1, 0.15) is 16.8 Å². The summed E-state index contributed by atoms with van der Waals surface area (Å²) in [5.41, 5.74) is 0.00637. The Morgan fingerprint density at radius 3 is 2.50 bits per heavy atom. The average Bonchev–Trinajstić information content (AvgIpc) is 2.15. The minimum atomic E-state index is -0.735. The van der Waals surface area contributed by atoms with Crippen LogP contribution in [0.3, 0.4) is 0 Å². The van der Waals surface area contributed by atoms with Crippen LogP contribution in [0, 0.1) is 11.6 Å². The molecule has 2 rings (SSSR count). The predicted molar refractivity (Wildman–Crippen MR) is 57.4 cm³/mol. The molecule has 82 valence electrons. The number of aromatic amines is 1. The summed E-state index contributed by atoms with van der Waals surface area (Å²) in [5.74, 6) is -1.40. The molecule has 1 aromatic carbocycles. The van der Waals surface area contributed by atoms with Gasteiger partial charge in [-0.25, -0.2) is 8.78 Å². The van der Waals surface area contributed by atoms with Crippen LogP contribution in [0.25, 0.3) is 11.1 Å². The van der Waals surface area contributed by atoms with E-state index in [9.17, 15) is 13.6 Å². The Kier molecular flexibility index (Phi) is 2.75. The molecule has 0 amide bonds. The van der Waals surface area contributed by atoms with E-state index in [1.807, 2.05) is 0 Å². The van der Waals surface area contributed by atoms with Gasteiger partial charge in [-0.15, -0.1) is 0 Å². The Balaban J connectivity index is 2.63. The quantitative estimate of drug-likeness (QED) is 0.765. The molecular weight excluding hydrogens is 236 g/mol. The number of nitrogens with one attached hydrogen (secondary N) is 1. The summed E-state index contributed by atoms with van der Waals surface area (Å²) in [4.78, 5) is 13.5. The third-order valence-corrected chi connectivity index (χ3v) is 2.26. The smallest absolute Gasteiger partial charge is 0.249 e. The zero-order chi connectivity index (χ0) is 11.7. The van der Waals surface area contributed by atoms with E-state index in [0.717, 1.165) is 12.1 Å². The normalized spacial score (nSPS) is 10.4. The van der Waals surface area contributed by atoms with Crippen molar-refractivity contribution in [3.8, 4) is 11.1 Å². The van der Waals surface area contributed by atoms with Crippen LogP contribution in [0.5, 0.6) is 0 Å². The summed E-state index contributed by atoms with van der Waals surface area (Å²) in [7, 11) is 0. The fourth-order valence-corrected chi connectivity index (χ4v) is 1.60. The van der Waals surface area contributed by atoms with Gasteiger partial charge in [-0.1, -0.05) is 11.6 Å². The monoisotopic (exact) mass is 241 g/mol. The Morgan fingerprint density at radius 1 is 1.12 bits per heavy atom. The zero-order valence-corrected chi connectivity index (χ0v) is 8.68. The van der Waals surface area contributed by atoms with E-state index in [2.05, 4.69) is 4.98 Å². The maximum atomic E-state index is 13.4. The zero-order valence-electron chi connectivity index (χ0n) is 7.93. The van der Waals surface area contributed by atoms with Gasteiger partial charge >= 0.3 is 0 Å². The van der Waals surface area contributed by atoms with Crippen LogP contribution in [-0.2, 0) is 0 Å². The SMILES string of the molecule is O=c1cc(-c2ccc(F)cc2F)cc(Cl)[nH]1. The molecule has 0 saturated carbocycles. The van der Waals surface area contributed by atoms with E-state index in [1.165, 1.54) is 18.2 Å². The molecule has 0 saturated heterocycles. The molecule has 0 fully saturated rings. The Morgan fingerprint density at radius 2 is 1.88 bits per heavy atom. The minimum Gasteiger partial charge on any atom is -0.313 e. The number of hydrogen-bond acceptors (Lipinski definition) is 1. The van der Waals surface area contributed by atoms with Crippen molar-refractivity contribution in [2.75, 3.05) is 0 Å². The second-order valence-electron chi connectivity index (χ2n) is 3.21. The van der Waals surface area contributed by atoms with E-state index in [-0.39, 0.29) is 10.7 Å². The largest absolute Gasteiger partial charge is 0.313 e. The molecule has 0 aliphatic heterocycles. The lowest BCUT2D eigenvalue weighted by atomic mass is 10.1. The first kappa shape index (κ1) is 10.8. The molecule has 0 aliphatic rings. The molecule has 16 heavy (non-hydrogen) atoms. The van der Waals surface area contributed by atoms with Crippen LogP contribution in [0.2, 0.25) is 5.15 Å². The highest BCUT2D eigenvalue weighted by Crippen LogP contribution is 2.23. The molecule has 1 N–H and O–H groups in total. The summed E-state index contributed by atoms with van der Waals surface area (Å²) in [6.07, 6.45) is 0. The van der Waals surface area contributed by atoms with Gasteiger partial charge in [0.2, 0.25) is 5.56 Å². The molecule has 0 atom stereocenters. The molecule has 0 spiro atoms. The Labute approximate surface area is 94.5 Å². The second-order valence-corrected chi connectivity index (χ2v) is 3.61. The van der Waals surface area contributed by atoms with Crippen LogP contribution in [0.15, 0.2) is 35.1 Å². The van der Waals surface area contributed by atoms with Crippen molar-refractivity contribution < 1.29 is 8.78 Å². The van der Waals surface area contributed by atoms with Crippen molar-refractivity contribution in [1.29, 1.82) is 0 Å². The first-order chi connectivity index (χ1) is 7.56. The molecule has 0 unspecified atom stereocenters. The maximum Gasteiger partial charge on any atom is 0.249 e. The summed E-state index contributed by atoms with van der Waals surface area (Å²) in [6.45, 7) is 0. The highest BCUT2D eigenvalue weighted by molar-refractivity contribution is 6.29. The first-order valence-corrected chi connectivity index (χ1v) is 4.79. The van der Waals surface area contributed by atoms with Gasteiger partial charge in [-0.2, -0.15) is 0 Å². The van der Waals surface area contributed by atoms with E-state index in [0.29, 0.717) is 5.56 Å². The molecular formula is C11H6ClF2NO. The first-order valence-electron chi connectivity index (χ1n) is 4.41. The third kappa shape index (κ3) is 2.12. The standard InChI is InChI=1S/C11H6ClF2NO/c12-10-3-6(4-11(16)15-10)8-2-1-7(13)5-9(8)14/h1-5H,(H,15,16). The molecule has 2 aromatic rings. The summed E-state index contributed by atoms with van der Waals surface area (Å²) in [6, 6.07) is 5.73. The molecule has 5 heteroatoms. The number of halogens is 3. The predicted octanol–water partition coefficient (Wildman–Crippen LogP) is 2.97. The van der Waals surface area contributed by atoms with Gasteiger partial charge in [0.05, 0.1) is 0 Å². The highest BCUT2D eigenvalue weighted by atomic mass is 35.5. The van der Waals surface area contributed by atoms with E-state index in [4.69, 9.17) is 11.6 Å². The molecule has 1 aromatic heterocycles. The number of rotatable bonds is 1. The lowest BCUT2D eigenvalue weighted by Crippen LogP contribution is -2.04. The molecule has 1 heterocycles. The number of H-pyrrole nitrogens is 1. The Hall–Kier alpha value is -1.68. The van der Waals surface area contributed by atoms with E-state index in [1.54, 1.807) is 0 Å². The topological polar surface area (TPSA) is 32.9 Å². The van der Waals surface area contributed by atoms with Gasteiger partial charge in [-0.05, 0) is 23.8 Å². The van der Waals surface area contributed by atoms with Crippen molar-refractivity contribution in [3.63, 3.8) is 0 Å².